The first-order valence-electron chi connectivity index (χ1n) is 4.59. The Kier molecular flexibility index (Phi) is 2.93. The van der Waals surface area contributed by atoms with Gasteiger partial charge in [0, 0.05) is 8.84 Å². The normalized spacial score (nSPS) is 24.9. The molecule has 0 N–H and O–H groups in total. The average Bonchev–Trinajstić information content (AvgIpc) is 2.23. The summed E-state index contributed by atoms with van der Waals surface area (Å²) in [5.74, 6) is 0. The van der Waals surface area contributed by atoms with Gasteiger partial charge in [-0.1, -0.05) is 52.0 Å². The summed E-state index contributed by atoms with van der Waals surface area (Å²) in [5.41, 5.74) is 11.1. The van der Waals surface area contributed by atoms with E-state index in [0.717, 1.165) is 12.8 Å². The van der Waals surface area contributed by atoms with Crippen LogP contribution in [0.3, 0.4) is 0 Å². The van der Waals surface area contributed by atoms with Crippen LogP contribution in [-0.4, -0.2) is 3.92 Å². The summed E-state index contributed by atoms with van der Waals surface area (Å²) in [6, 6.07) is 8.26. The Morgan fingerprint density at radius 2 is 2.21 bits per heavy atom. The number of fused-ring (bicyclic) bond motifs is 1. The largest absolute Gasteiger partial charge is 0.0848 e. The Bertz CT molecular complexity index is 385. The molecule has 72 valence electrons. The minimum atomic E-state index is 0.0190. The van der Waals surface area contributed by atoms with Crippen LogP contribution in [-0.2, 0) is 6.42 Å². The van der Waals surface area contributed by atoms with E-state index in [2.05, 4.69) is 44.7 Å². The molecular formula is C10H10IN3. The minimum Gasteiger partial charge on any atom is -0.0848 e. The second-order valence-corrected chi connectivity index (χ2v) is 5.00. The highest BCUT2D eigenvalue weighted by atomic mass is 127. The molecule has 0 fully saturated rings. The summed E-state index contributed by atoms with van der Waals surface area (Å²) in [7, 11) is 0. The fourth-order valence-electron chi connectivity index (χ4n) is 1.89. The van der Waals surface area contributed by atoms with Gasteiger partial charge in [-0.2, -0.15) is 0 Å². The Balaban J connectivity index is 2.45. The predicted octanol–water partition coefficient (Wildman–Crippen LogP) is 3.79. The molecule has 1 aliphatic carbocycles. The van der Waals surface area contributed by atoms with Crippen LogP contribution in [0.5, 0.6) is 0 Å². The molecule has 0 bridgehead atoms. The van der Waals surface area contributed by atoms with Gasteiger partial charge in [-0.3, -0.25) is 0 Å². The van der Waals surface area contributed by atoms with Gasteiger partial charge in [0.15, 0.2) is 0 Å². The standard InChI is InChI=1S/C10H10IN3/c11-9-6-5-7-3-1-2-4-8(7)10(9)13-14-12/h1-4,9-10H,5-6H2/t9-,10-/m0/s1. The molecule has 0 aromatic heterocycles. The van der Waals surface area contributed by atoms with E-state index in [4.69, 9.17) is 5.53 Å². The van der Waals surface area contributed by atoms with E-state index in [9.17, 15) is 0 Å². The van der Waals surface area contributed by atoms with Gasteiger partial charge < -0.3 is 0 Å². The van der Waals surface area contributed by atoms with Crippen LogP contribution in [0, 0.1) is 0 Å². The van der Waals surface area contributed by atoms with Crippen molar-refractivity contribution < 1.29 is 0 Å². The molecule has 2 atom stereocenters. The van der Waals surface area contributed by atoms with Crippen molar-refractivity contribution in [1.82, 2.24) is 0 Å². The predicted molar refractivity (Wildman–Crippen MR) is 64.5 cm³/mol. The van der Waals surface area contributed by atoms with Crippen molar-refractivity contribution in [3.05, 3.63) is 45.8 Å². The van der Waals surface area contributed by atoms with Crippen LogP contribution in [0.1, 0.15) is 23.6 Å². The number of nitrogens with zero attached hydrogens (tertiary/aromatic N) is 3. The minimum absolute atomic E-state index is 0.0190. The van der Waals surface area contributed by atoms with Crippen molar-refractivity contribution in [3.8, 4) is 0 Å². The molecule has 0 spiro atoms. The molecule has 1 aromatic rings. The fourth-order valence-corrected chi connectivity index (χ4v) is 2.73. The van der Waals surface area contributed by atoms with E-state index in [1.165, 1.54) is 11.1 Å². The Hall–Kier alpha value is -0.740. The van der Waals surface area contributed by atoms with Gasteiger partial charge in [0.1, 0.15) is 0 Å². The monoisotopic (exact) mass is 299 g/mol. The molecule has 0 heterocycles. The average molecular weight is 299 g/mol. The maximum Gasteiger partial charge on any atom is 0.0745 e. The highest BCUT2D eigenvalue weighted by molar-refractivity contribution is 14.1. The van der Waals surface area contributed by atoms with Crippen molar-refractivity contribution in [3.63, 3.8) is 0 Å². The van der Waals surface area contributed by atoms with Crippen molar-refractivity contribution in [2.45, 2.75) is 22.8 Å². The van der Waals surface area contributed by atoms with Gasteiger partial charge in [0.2, 0.25) is 0 Å². The Morgan fingerprint density at radius 1 is 1.43 bits per heavy atom. The molecular weight excluding hydrogens is 289 g/mol. The second-order valence-electron chi connectivity index (χ2n) is 3.40. The van der Waals surface area contributed by atoms with E-state index >= 15 is 0 Å². The van der Waals surface area contributed by atoms with Crippen LogP contribution in [0.25, 0.3) is 10.4 Å². The van der Waals surface area contributed by atoms with Gasteiger partial charge in [-0.25, -0.2) is 0 Å². The lowest BCUT2D eigenvalue weighted by Crippen LogP contribution is -2.18. The summed E-state index contributed by atoms with van der Waals surface area (Å²) < 4.78 is 0.429. The summed E-state index contributed by atoms with van der Waals surface area (Å²) in [5, 5.41) is 3.88. The van der Waals surface area contributed by atoms with Crippen molar-refractivity contribution in [2.24, 2.45) is 5.11 Å². The third-order valence-electron chi connectivity index (χ3n) is 2.58. The molecule has 0 saturated carbocycles. The second kappa shape index (κ2) is 4.19. The SMILES string of the molecule is [N-]=[N+]=N[C@H]1c2ccccc2CC[C@@H]1I. The number of hydrogen-bond acceptors (Lipinski definition) is 1. The van der Waals surface area contributed by atoms with E-state index in [1.54, 1.807) is 0 Å². The first kappa shape index (κ1) is 9.80. The summed E-state index contributed by atoms with van der Waals surface area (Å²) in [4.78, 5) is 2.93. The van der Waals surface area contributed by atoms with Crippen molar-refractivity contribution in [1.29, 1.82) is 0 Å². The van der Waals surface area contributed by atoms with Gasteiger partial charge in [0.05, 0.1) is 6.04 Å². The molecule has 0 amide bonds. The number of halogens is 1. The first-order chi connectivity index (χ1) is 6.83. The third kappa shape index (κ3) is 1.72. The van der Waals surface area contributed by atoms with Crippen LogP contribution in [0.15, 0.2) is 29.4 Å². The van der Waals surface area contributed by atoms with Gasteiger partial charge in [-0.15, -0.1) is 0 Å². The molecule has 3 nitrogen and oxygen atoms in total. The van der Waals surface area contributed by atoms with Crippen LogP contribution in [0.4, 0.5) is 0 Å². The molecule has 0 unspecified atom stereocenters. The van der Waals surface area contributed by atoms with Gasteiger partial charge in [0.25, 0.3) is 0 Å². The highest BCUT2D eigenvalue weighted by Gasteiger charge is 2.26. The smallest absolute Gasteiger partial charge is 0.0745 e. The zero-order valence-corrected chi connectivity index (χ0v) is 9.76. The molecule has 0 radical (unpaired) electrons. The van der Waals surface area contributed by atoms with Crippen molar-refractivity contribution >= 4 is 22.6 Å². The number of rotatable bonds is 1. The van der Waals surface area contributed by atoms with Gasteiger partial charge in [-0.05, 0) is 29.5 Å². The highest BCUT2D eigenvalue weighted by Crippen LogP contribution is 2.37. The number of aryl methyl sites for hydroxylation is 1. The van der Waals surface area contributed by atoms with Crippen LogP contribution < -0.4 is 0 Å². The fraction of sp³-hybridized carbons (Fsp3) is 0.400. The zero-order chi connectivity index (χ0) is 9.97. The van der Waals surface area contributed by atoms with Crippen molar-refractivity contribution in [2.75, 3.05) is 0 Å². The quantitative estimate of drug-likeness (QED) is 0.249. The molecule has 4 heteroatoms. The van der Waals surface area contributed by atoms with Crippen LogP contribution in [0.2, 0.25) is 0 Å². The first-order valence-corrected chi connectivity index (χ1v) is 5.83. The van der Waals surface area contributed by atoms with E-state index in [1.807, 2.05) is 12.1 Å². The number of alkyl halides is 1. The van der Waals surface area contributed by atoms with E-state index in [0.29, 0.717) is 3.92 Å². The maximum atomic E-state index is 8.52. The lowest BCUT2D eigenvalue weighted by atomic mass is 9.88. The molecule has 14 heavy (non-hydrogen) atoms. The maximum absolute atomic E-state index is 8.52. The third-order valence-corrected chi connectivity index (χ3v) is 3.89. The molecule has 2 rings (SSSR count). The Labute approximate surface area is 96.3 Å². The van der Waals surface area contributed by atoms with E-state index < -0.39 is 0 Å². The van der Waals surface area contributed by atoms with Gasteiger partial charge >= 0.3 is 0 Å². The number of azide groups is 1. The zero-order valence-electron chi connectivity index (χ0n) is 7.60. The topological polar surface area (TPSA) is 48.8 Å². The lowest BCUT2D eigenvalue weighted by Gasteiger charge is -2.26. The molecule has 0 aliphatic heterocycles. The number of hydrogen-bond donors (Lipinski definition) is 0. The number of benzene rings is 1. The summed E-state index contributed by atoms with van der Waals surface area (Å²) in [6.45, 7) is 0. The molecule has 1 aliphatic rings. The molecule has 1 aromatic carbocycles. The summed E-state index contributed by atoms with van der Waals surface area (Å²) in [6.07, 6.45) is 2.20. The van der Waals surface area contributed by atoms with E-state index in [-0.39, 0.29) is 6.04 Å². The molecule has 0 saturated heterocycles. The summed E-state index contributed by atoms with van der Waals surface area (Å²) >= 11 is 2.37. The lowest BCUT2D eigenvalue weighted by molar-refractivity contribution is 0.602. The van der Waals surface area contributed by atoms with Crippen LogP contribution >= 0.6 is 22.6 Å². The Morgan fingerprint density at radius 3 is 3.00 bits per heavy atom.